The van der Waals surface area contributed by atoms with Crippen LogP contribution in [0.4, 0.5) is 13.2 Å². The first-order valence-electron chi connectivity index (χ1n) is 10.6. The van der Waals surface area contributed by atoms with Crippen LogP contribution in [0.25, 0.3) is 16.6 Å². The topological polar surface area (TPSA) is 99.1 Å². The first-order chi connectivity index (χ1) is 16.5. The van der Waals surface area contributed by atoms with Crippen molar-refractivity contribution in [2.45, 2.75) is 32.5 Å². The maximum absolute atomic E-state index is 14.5. The van der Waals surface area contributed by atoms with Gasteiger partial charge >= 0.3 is 17.8 Å². The number of rotatable bonds is 5. The molecule has 4 rings (SSSR count). The number of nitrogens with zero attached hydrogens (tertiary/aromatic N) is 4. The second-order valence-electron chi connectivity index (χ2n) is 8.12. The first-order valence-corrected chi connectivity index (χ1v) is 10.6. The van der Waals surface area contributed by atoms with Crippen LogP contribution >= 0.6 is 0 Å². The number of aromatic nitrogens is 4. The molecule has 11 heteroatoms. The Balaban J connectivity index is 2.09. The summed E-state index contributed by atoms with van der Waals surface area (Å²) in [6.07, 6.45) is -2.38. The van der Waals surface area contributed by atoms with Gasteiger partial charge in [-0.1, -0.05) is 25.1 Å². The van der Waals surface area contributed by atoms with Gasteiger partial charge in [0.05, 0.1) is 17.4 Å². The molecule has 2 aromatic heterocycles. The van der Waals surface area contributed by atoms with E-state index in [0.29, 0.717) is 22.9 Å². The molecule has 8 nitrogen and oxygen atoms in total. The van der Waals surface area contributed by atoms with Gasteiger partial charge in [0.15, 0.2) is 6.04 Å². The van der Waals surface area contributed by atoms with Crippen molar-refractivity contribution in [2.75, 3.05) is 0 Å². The molecule has 0 saturated carbocycles. The zero-order valence-electron chi connectivity index (χ0n) is 19.0. The highest BCUT2D eigenvalue weighted by atomic mass is 19.4. The summed E-state index contributed by atoms with van der Waals surface area (Å²) in [5, 5.41) is 14.3. The number of alkyl halides is 3. The van der Waals surface area contributed by atoms with E-state index in [9.17, 15) is 32.7 Å². The van der Waals surface area contributed by atoms with Crippen LogP contribution in [-0.2, 0) is 13.5 Å². The van der Waals surface area contributed by atoms with E-state index in [0.717, 1.165) is 10.8 Å². The van der Waals surface area contributed by atoms with E-state index in [4.69, 9.17) is 0 Å². The lowest BCUT2D eigenvalue weighted by molar-refractivity contribution is -0.158. The Hall–Kier alpha value is -4.15. The number of hydrogen-bond donors (Lipinski definition) is 1. The Morgan fingerprint density at radius 1 is 1.17 bits per heavy atom. The summed E-state index contributed by atoms with van der Waals surface area (Å²) in [7, 11) is 1.69. The summed E-state index contributed by atoms with van der Waals surface area (Å²) < 4.78 is 45.7. The van der Waals surface area contributed by atoms with E-state index >= 15 is 0 Å². The third-order valence-corrected chi connectivity index (χ3v) is 6.09. The zero-order valence-corrected chi connectivity index (χ0v) is 19.0. The van der Waals surface area contributed by atoms with Gasteiger partial charge in [0.25, 0.3) is 5.56 Å². The highest BCUT2D eigenvalue weighted by molar-refractivity contribution is 5.87. The lowest BCUT2D eigenvalue weighted by atomic mass is 9.95. The van der Waals surface area contributed by atoms with Gasteiger partial charge in [-0.05, 0) is 48.2 Å². The van der Waals surface area contributed by atoms with Gasteiger partial charge in [0.1, 0.15) is 5.56 Å². The Morgan fingerprint density at radius 3 is 2.51 bits per heavy atom. The molecule has 0 aliphatic carbocycles. The van der Waals surface area contributed by atoms with Crippen LogP contribution in [0, 0.1) is 6.92 Å². The third-order valence-electron chi connectivity index (χ3n) is 6.09. The van der Waals surface area contributed by atoms with E-state index in [-0.39, 0.29) is 21.4 Å². The monoisotopic (exact) mass is 486 g/mol. The summed E-state index contributed by atoms with van der Waals surface area (Å²) in [6.45, 7) is 3.25. The maximum atomic E-state index is 14.5. The number of carbonyl (C=O) groups is 1. The number of carboxylic acid groups (broad SMARTS) is 1. The van der Waals surface area contributed by atoms with Crippen molar-refractivity contribution >= 4 is 16.9 Å². The molecule has 0 amide bonds. The predicted octanol–water partition coefficient (Wildman–Crippen LogP) is 3.61. The molecular formula is C24H21F3N4O4. The smallest absolute Gasteiger partial charge is 0.413 e. The molecule has 1 N–H and O–H groups in total. The molecule has 0 spiro atoms. The van der Waals surface area contributed by atoms with Crippen LogP contribution in [0.2, 0.25) is 0 Å². The third kappa shape index (κ3) is 4.02. The Morgan fingerprint density at radius 2 is 1.89 bits per heavy atom. The fourth-order valence-electron chi connectivity index (χ4n) is 4.28. The van der Waals surface area contributed by atoms with Gasteiger partial charge < -0.3 is 5.11 Å². The Bertz CT molecular complexity index is 1580. The molecule has 0 fully saturated rings. The molecule has 0 aliphatic heterocycles. The number of benzene rings is 2. The van der Waals surface area contributed by atoms with E-state index in [2.05, 4.69) is 5.10 Å². The number of hydrogen-bond acceptors (Lipinski definition) is 4. The minimum absolute atomic E-state index is 0.0152. The zero-order chi connectivity index (χ0) is 25.7. The molecule has 0 aliphatic rings. The van der Waals surface area contributed by atoms with E-state index in [1.54, 1.807) is 30.8 Å². The number of carboxylic acids is 1. The second-order valence-corrected chi connectivity index (χ2v) is 8.12. The quantitative estimate of drug-likeness (QED) is 0.465. The maximum Gasteiger partial charge on any atom is 0.413 e. The molecular weight excluding hydrogens is 465 g/mol. The van der Waals surface area contributed by atoms with Crippen molar-refractivity contribution in [3.63, 3.8) is 0 Å². The average molecular weight is 486 g/mol. The lowest BCUT2D eigenvalue weighted by Crippen LogP contribution is -2.48. The molecule has 0 saturated heterocycles. The summed E-state index contributed by atoms with van der Waals surface area (Å²) in [5.74, 6) is -1.75. The van der Waals surface area contributed by atoms with Crippen LogP contribution in [0.1, 0.15) is 40.0 Å². The number of halogens is 3. The highest BCUT2D eigenvalue weighted by Crippen LogP contribution is 2.37. The number of aryl methyl sites for hydroxylation is 2. The molecule has 1 unspecified atom stereocenters. The van der Waals surface area contributed by atoms with Gasteiger partial charge in [-0.3, -0.25) is 14.0 Å². The van der Waals surface area contributed by atoms with Gasteiger partial charge in [0.2, 0.25) is 0 Å². The van der Waals surface area contributed by atoms with Crippen LogP contribution in [-0.4, -0.2) is 36.2 Å². The van der Waals surface area contributed by atoms with Crippen molar-refractivity contribution in [3.05, 3.63) is 91.9 Å². The van der Waals surface area contributed by atoms with Crippen molar-refractivity contribution in [1.29, 1.82) is 0 Å². The molecule has 0 radical (unpaired) electrons. The second kappa shape index (κ2) is 8.57. The van der Waals surface area contributed by atoms with Gasteiger partial charge in [-0.25, -0.2) is 14.2 Å². The van der Waals surface area contributed by atoms with Gasteiger partial charge in [-0.15, -0.1) is 0 Å². The number of aromatic carboxylic acids is 1. The minimum atomic E-state index is -5.07. The normalized spacial score (nSPS) is 12.7. The summed E-state index contributed by atoms with van der Waals surface area (Å²) >= 11 is 0. The van der Waals surface area contributed by atoms with E-state index in [1.165, 1.54) is 37.4 Å². The van der Waals surface area contributed by atoms with Crippen molar-refractivity contribution in [2.24, 2.45) is 7.05 Å². The standard InChI is InChI=1S/C24H21F3N4O4/c1-4-14-6-5-7-17(13(14)2)20(24(25,26)27)31-21(32)18(22(33)34)12-30(23(31)35)16-8-9-19-15(10-16)11-28-29(19)3/h5-12,20H,4H2,1-3H3,(H,33,34). The van der Waals surface area contributed by atoms with Crippen LogP contribution in [0.5, 0.6) is 0 Å². The first kappa shape index (κ1) is 24.0. The van der Waals surface area contributed by atoms with Crippen LogP contribution < -0.4 is 11.2 Å². The molecule has 2 aromatic carbocycles. The van der Waals surface area contributed by atoms with E-state index in [1.807, 2.05) is 0 Å². The van der Waals surface area contributed by atoms with Crippen molar-refractivity contribution in [1.82, 2.24) is 18.9 Å². The van der Waals surface area contributed by atoms with Gasteiger partial charge in [-0.2, -0.15) is 18.3 Å². The molecule has 2 heterocycles. The van der Waals surface area contributed by atoms with E-state index < -0.39 is 35.0 Å². The van der Waals surface area contributed by atoms with Crippen LogP contribution in [0.15, 0.2) is 58.4 Å². The summed E-state index contributed by atoms with van der Waals surface area (Å²) in [6, 6.07) is 6.10. The van der Waals surface area contributed by atoms with Crippen molar-refractivity contribution < 1.29 is 23.1 Å². The lowest BCUT2D eigenvalue weighted by Gasteiger charge is -2.26. The SMILES string of the molecule is CCc1cccc(C(n2c(=O)c(C(=O)O)cn(-c3ccc4c(cnn4C)c3)c2=O)C(F)(F)F)c1C. The van der Waals surface area contributed by atoms with Crippen LogP contribution in [0.3, 0.4) is 0 Å². The Kier molecular flexibility index (Phi) is 5.87. The van der Waals surface area contributed by atoms with Crippen molar-refractivity contribution in [3.8, 4) is 5.69 Å². The fraction of sp³-hybridized carbons (Fsp3) is 0.250. The molecule has 0 bridgehead atoms. The fourth-order valence-corrected chi connectivity index (χ4v) is 4.28. The highest BCUT2D eigenvalue weighted by Gasteiger charge is 2.45. The summed E-state index contributed by atoms with van der Waals surface area (Å²) in [4.78, 5) is 38.3. The minimum Gasteiger partial charge on any atom is -0.477 e. The largest absolute Gasteiger partial charge is 0.477 e. The predicted molar refractivity (Wildman–Crippen MR) is 122 cm³/mol. The molecule has 4 aromatic rings. The number of fused-ring (bicyclic) bond motifs is 1. The molecule has 35 heavy (non-hydrogen) atoms. The average Bonchev–Trinajstić information content (AvgIpc) is 3.16. The Labute approximate surface area is 196 Å². The molecule has 182 valence electrons. The van der Waals surface area contributed by atoms with Gasteiger partial charge in [0, 0.05) is 18.6 Å². The summed E-state index contributed by atoms with van der Waals surface area (Å²) in [5.41, 5.74) is -2.45. The molecule has 1 atom stereocenters.